The highest BCUT2D eigenvalue weighted by molar-refractivity contribution is 6.99. The SMILES string of the molecule is CN[C@H](C(=O)N[C@@H](CO[Si](c1ccccc1)(c1ccccc1)C(C)(C)C)C(=O)OC)[C@@H](C)O. The van der Waals surface area contributed by atoms with E-state index in [1.165, 1.54) is 14.0 Å². The van der Waals surface area contributed by atoms with Gasteiger partial charge in [-0.25, -0.2) is 4.79 Å². The summed E-state index contributed by atoms with van der Waals surface area (Å²) in [6, 6.07) is 18.2. The minimum Gasteiger partial charge on any atom is -0.467 e. The minimum atomic E-state index is -2.90. The number of likely N-dealkylation sites (N-methyl/N-ethyl adjacent to an activating group) is 1. The van der Waals surface area contributed by atoms with Crippen molar-refractivity contribution in [1.82, 2.24) is 10.6 Å². The summed E-state index contributed by atoms with van der Waals surface area (Å²) in [5.74, 6) is -1.12. The summed E-state index contributed by atoms with van der Waals surface area (Å²) < 4.78 is 11.7. The predicted octanol–water partition coefficient (Wildman–Crippen LogP) is 1.19. The molecule has 0 unspecified atom stereocenters. The molecule has 180 valence electrons. The van der Waals surface area contributed by atoms with E-state index < -0.39 is 38.4 Å². The molecular formula is C25H36N2O5Si. The van der Waals surface area contributed by atoms with Gasteiger partial charge in [-0.15, -0.1) is 0 Å². The number of ether oxygens (including phenoxy) is 1. The van der Waals surface area contributed by atoms with Crippen LogP contribution in [0.1, 0.15) is 27.7 Å². The van der Waals surface area contributed by atoms with Gasteiger partial charge in [0.1, 0.15) is 12.1 Å². The van der Waals surface area contributed by atoms with Crippen LogP contribution in [0.4, 0.5) is 0 Å². The van der Waals surface area contributed by atoms with Gasteiger partial charge >= 0.3 is 5.97 Å². The predicted molar refractivity (Wildman–Crippen MR) is 132 cm³/mol. The molecule has 2 rings (SSSR count). The smallest absolute Gasteiger partial charge is 0.330 e. The second-order valence-electron chi connectivity index (χ2n) is 9.07. The van der Waals surface area contributed by atoms with Crippen molar-refractivity contribution < 1.29 is 23.9 Å². The van der Waals surface area contributed by atoms with Gasteiger partial charge in [-0.3, -0.25) is 4.79 Å². The Labute approximate surface area is 197 Å². The average Bonchev–Trinajstić information content (AvgIpc) is 2.78. The highest BCUT2D eigenvalue weighted by Crippen LogP contribution is 2.36. The number of esters is 1. The maximum Gasteiger partial charge on any atom is 0.330 e. The number of methoxy groups -OCH3 is 1. The van der Waals surface area contributed by atoms with E-state index in [9.17, 15) is 14.7 Å². The number of carbonyl (C=O) groups excluding carboxylic acids is 2. The lowest BCUT2D eigenvalue weighted by atomic mass is 10.1. The summed E-state index contributed by atoms with van der Waals surface area (Å²) in [6.45, 7) is 7.84. The zero-order chi connectivity index (χ0) is 24.6. The van der Waals surface area contributed by atoms with Gasteiger partial charge in [-0.2, -0.15) is 0 Å². The normalized spacial score (nSPS) is 14.8. The number of rotatable bonds is 10. The maximum atomic E-state index is 12.7. The van der Waals surface area contributed by atoms with E-state index in [1.807, 2.05) is 36.4 Å². The molecule has 0 fully saturated rings. The van der Waals surface area contributed by atoms with E-state index in [2.05, 4.69) is 55.7 Å². The van der Waals surface area contributed by atoms with Crippen LogP contribution < -0.4 is 21.0 Å². The molecule has 33 heavy (non-hydrogen) atoms. The lowest BCUT2D eigenvalue weighted by Gasteiger charge is -2.43. The first-order valence-corrected chi connectivity index (χ1v) is 13.0. The van der Waals surface area contributed by atoms with Crippen LogP contribution in [0.5, 0.6) is 0 Å². The monoisotopic (exact) mass is 472 g/mol. The van der Waals surface area contributed by atoms with E-state index in [-0.39, 0.29) is 11.6 Å². The first-order chi connectivity index (χ1) is 15.6. The Hall–Kier alpha value is -2.52. The number of aliphatic hydroxyl groups excluding tert-OH is 1. The van der Waals surface area contributed by atoms with E-state index in [0.717, 1.165) is 10.4 Å². The van der Waals surface area contributed by atoms with Gasteiger partial charge in [0.25, 0.3) is 8.32 Å². The molecule has 0 aromatic heterocycles. The zero-order valence-electron chi connectivity index (χ0n) is 20.3. The van der Waals surface area contributed by atoms with Gasteiger partial charge in [0.15, 0.2) is 0 Å². The van der Waals surface area contributed by atoms with E-state index >= 15 is 0 Å². The van der Waals surface area contributed by atoms with Crippen molar-refractivity contribution in [2.75, 3.05) is 20.8 Å². The topological polar surface area (TPSA) is 96.9 Å². The fraction of sp³-hybridized carbons (Fsp3) is 0.440. The Balaban J connectivity index is 2.48. The largest absolute Gasteiger partial charge is 0.467 e. The molecule has 0 aliphatic rings. The van der Waals surface area contributed by atoms with Gasteiger partial charge in [0.2, 0.25) is 5.91 Å². The van der Waals surface area contributed by atoms with Crippen LogP contribution in [0.3, 0.4) is 0 Å². The molecule has 0 saturated heterocycles. The highest BCUT2D eigenvalue weighted by Gasteiger charge is 2.50. The van der Waals surface area contributed by atoms with Crippen LogP contribution >= 0.6 is 0 Å². The lowest BCUT2D eigenvalue weighted by molar-refractivity contribution is -0.146. The number of benzene rings is 2. The van der Waals surface area contributed by atoms with Gasteiger partial charge < -0.3 is 24.9 Å². The van der Waals surface area contributed by atoms with Crippen LogP contribution in [0.2, 0.25) is 5.04 Å². The van der Waals surface area contributed by atoms with Crippen molar-refractivity contribution in [1.29, 1.82) is 0 Å². The molecule has 2 aromatic rings. The van der Waals surface area contributed by atoms with Gasteiger partial charge in [0.05, 0.1) is 19.8 Å². The van der Waals surface area contributed by atoms with Crippen molar-refractivity contribution in [3.63, 3.8) is 0 Å². The molecule has 2 aromatic carbocycles. The maximum absolute atomic E-state index is 12.7. The van der Waals surface area contributed by atoms with E-state index in [4.69, 9.17) is 9.16 Å². The van der Waals surface area contributed by atoms with Crippen LogP contribution in [0, 0.1) is 0 Å². The lowest BCUT2D eigenvalue weighted by Crippen LogP contribution is -2.68. The third-order valence-electron chi connectivity index (χ3n) is 5.76. The molecule has 8 heteroatoms. The van der Waals surface area contributed by atoms with Crippen LogP contribution in [0.15, 0.2) is 60.7 Å². The van der Waals surface area contributed by atoms with Gasteiger partial charge in [-0.05, 0) is 29.4 Å². The third-order valence-corrected chi connectivity index (χ3v) is 10.8. The van der Waals surface area contributed by atoms with E-state index in [0.29, 0.717) is 0 Å². The van der Waals surface area contributed by atoms with Gasteiger partial charge in [-0.1, -0.05) is 81.4 Å². The molecule has 0 saturated carbocycles. The molecular weight excluding hydrogens is 436 g/mol. The second kappa shape index (κ2) is 11.6. The van der Waals surface area contributed by atoms with Gasteiger partial charge in [0, 0.05) is 0 Å². The summed E-state index contributed by atoms with van der Waals surface area (Å²) in [5.41, 5.74) is 0. The number of amides is 1. The van der Waals surface area contributed by atoms with Crippen molar-refractivity contribution >= 4 is 30.6 Å². The Kier molecular flexibility index (Phi) is 9.36. The first kappa shape index (κ1) is 26.7. The molecule has 0 heterocycles. The average molecular weight is 473 g/mol. The molecule has 1 amide bonds. The van der Waals surface area contributed by atoms with Crippen molar-refractivity contribution in [3.05, 3.63) is 60.7 Å². The second-order valence-corrected chi connectivity index (χ2v) is 13.4. The summed E-state index contributed by atoms with van der Waals surface area (Å²) >= 11 is 0. The molecule has 0 spiro atoms. The third kappa shape index (κ3) is 6.08. The van der Waals surface area contributed by atoms with Crippen LogP contribution in [0.25, 0.3) is 0 Å². The molecule has 7 nitrogen and oxygen atoms in total. The zero-order valence-corrected chi connectivity index (χ0v) is 21.3. The minimum absolute atomic E-state index is 0.0675. The molecule has 3 N–H and O–H groups in total. The number of hydrogen-bond donors (Lipinski definition) is 3. The molecule has 0 bridgehead atoms. The quantitative estimate of drug-likeness (QED) is 0.355. The Morgan fingerprint density at radius 1 is 1.00 bits per heavy atom. The fourth-order valence-electron chi connectivity index (χ4n) is 4.13. The number of aliphatic hydroxyl groups is 1. The molecule has 3 atom stereocenters. The summed E-state index contributed by atoms with van der Waals surface area (Å²) in [4.78, 5) is 25.3. The number of nitrogens with one attached hydrogen (secondary N) is 2. The number of hydrogen-bond acceptors (Lipinski definition) is 6. The fourth-order valence-corrected chi connectivity index (χ4v) is 8.71. The molecule has 0 radical (unpaired) electrons. The standard InChI is InChI=1S/C25H36N2O5Si/c1-18(28)22(26-5)23(29)27-21(24(30)31-6)17-32-33(25(2,3)4,19-13-9-7-10-14-19)20-15-11-8-12-16-20/h7-16,18,21-22,26,28H,17H2,1-6H3,(H,27,29)/t18-,21+,22+/m1/s1. The molecule has 0 aliphatic heterocycles. The van der Waals surface area contributed by atoms with Crippen molar-refractivity contribution in [3.8, 4) is 0 Å². The first-order valence-electron chi connectivity index (χ1n) is 11.1. The van der Waals surface area contributed by atoms with E-state index in [1.54, 1.807) is 7.05 Å². The summed E-state index contributed by atoms with van der Waals surface area (Å²) in [5, 5.41) is 17.2. The van der Waals surface area contributed by atoms with Crippen LogP contribution in [-0.2, 0) is 18.8 Å². The highest BCUT2D eigenvalue weighted by atomic mass is 28.4. The number of carbonyl (C=O) groups is 2. The summed E-state index contributed by atoms with van der Waals surface area (Å²) in [6.07, 6.45) is -0.939. The van der Waals surface area contributed by atoms with Crippen LogP contribution in [-0.4, -0.2) is 64.3 Å². The Bertz CT molecular complexity index is 861. The molecule has 0 aliphatic carbocycles. The van der Waals surface area contributed by atoms with Crippen molar-refractivity contribution in [2.24, 2.45) is 0 Å². The van der Waals surface area contributed by atoms with Crippen molar-refractivity contribution in [2.45, 2.75) is 50.9 Å². The Morgan fingerprint density at radius 2 is 1.48 bits per heavy atom. The Morgan fingerprint density at radius 3 is 1.85 bits per heavy atom. The summed E-state index contributed by atoms with van der Waals surface area (Å²) in [7, 11) is -0.0584.